The van der Waals surface area contributed by atoms with Gasteiger partial charge >= 0.3 is 5.97 Å². The molecule has 1 N–H and O–H groups in total. The van der Waals surface area contributed by atoms with Gasteiger partial charge in [-0.2, -0.15) is 0 Å². The molecule has 1 aromatic carbocycles. The third kappa shape index (κ3) is 3.99. The Balaban J connectivity index is 1.86. The molecule has 1 amide bonds. The van der Waals surface area contributed by atoms with E-state index in [1.165, 1.54) is 0 Å². The molecule has 1 aliphatic heterocycles. The molecule has 0 aliphatic carbocycles. The standard InChI is InChI=1S/C18H25NO5/c1-18(17(21)22)9-10-19(12-18)16(20)6-4-5-13-7-8-14(23-2)11-15(13)24-3/h7-8,11H,4-6,9-10,12H2,1-3H3,(H,21,22). The van der Waals surface area contributed by atoms with Gasteiger partial charge in [0.1, 0.15) is 11.5 Å². The second-order valence-electron chi connectivity index (χ2n) is 6.46. The van der Waals surface area contributed by atoms with Crippen molar-refractivity contribution in [3.05, 3.63) is 23.8 Å². The van der Waals surface area contributed by atoms with Gasteiger partial charge in [-0.1, -0.05) is 6.07 Å². The summed E-state index contributed by atoms with van der Waals surface area (Å²) in [6.45, 7) is 2.52. The molecule has 1 atom stereocenters. The van der Waals surface area contributed by atoms with Crippen LogP contribution in [-0.4, -0.2) is 49.2 Å². The van der Waals surface area contributed by atoms with Crippen molar-refractivity contribution >= 4 is 11.9 Å². The summed E-state index contributed by atoms with van der Waals surface area (Å²) < 4.78 is 10.5. The molecule has 6 nitrogen and oxygen atoms in total. The Bertz CT molecular complexity index is 615. The molecule has 0 saturated carbocycles. The summed E-state index contributed by atoms with van der Waals surface area (Å²) in [6.07, 6.45) is 2.34. The lowest BCUT2D eigenvalue weighted by atomic mass is 9.90. The first-order valence-corrected chi connectivity index (χ1v) is 8.11. The Hall–Kier alpha value is -2.24. The molecule has 0 aromatic heterocycles. The van der Waals surface area contributed by atoms with Crippen molar-refractivity contribution in [2.24, 2.45) is 5.41 Å². The van der Waals surface area contributed by atoms with Crippen LogP contribution < -0.4 is 9.47 Å². The van der Waals surface area contributed by atoms with Crippen LogP contribution in [-0.2, 0) is 16.0 Å². The molecule has 132 valence electrons. The largest absolute Gasteiger partial charge is 0.497 e. The first-order valence-electron chi connectivity index (χ1n) is 8.11. The highest BCUT2D eigenvalue weighted by Gasteiger charge is 2.41. The maximum absolute atomic E-state index is 12.3. The maximum atomic E-state index is 12.3. The van der Waals surface area contributed by atoms with E-state index >= 15 is 0 Å². The van der Waals surface area contributed by atoms with Crippen LogP contribution in [0.15, 0.2) is 18.2 Å². The molecular formula is C18H25NO5. The topological polar surface area (TPSA) is 76.1 Å². The number of likely N-dealkylation sites (tertiary alicyclic amines) is 1. The third-order valence-electron chi connectivity index (χ3n) is 4.67. The number of carbonyl (C=O) groups is 2. The Kier molecular flexibility index (Phi) is 5.70. The van der Waals surface area contributed by atoms with E-state index in [4.69, 9.17) is 9.47 Å². The van der Waals surface area contributed by atoms with Crippen molar-refractivity contribution in [2.75, 3.05) is 27.3 Å². The van der Waals surface area contributed by atoms with Gasteiger partial charge in [0.2, 0.25) is 5.91 Å². The summed E-state index contributed by atoms with van der Waals surface area (Å²) >= 11 is 0. The molecule has 1 fully saturated rings. The molecule has 1 heterocycles. The van der Waals surface area contributed by atoms with E-state index < -0.39 is 11.4 Å². The second kappa shape index (κ2) is 7.55. The van der Waals surface area contributed by atoms with Crippen LogP contribution in [0.25, 0.3) is 0 Å². The first kappa shape index (κ1) is 18.1. The molecule has 6 heteroatoms. The van der Waals surface area contributed by atoms with Crippen molar-refractivity contribution < 1.29 is 24.2 Å². The van der Waals surface area contributed by atoms with Gasteiger partial charge in [0, 0.05) is 25.6 Å². The third-order valence-corrected chi connectivity index (χ3v) is 4.67. The van der Waals surface area contributed by atoms with E-state index in [1.807, 2.05) is 18.2 Å². The van der Waals surface area contributed by atoms with Crippen LogP contribution in [0.2, 0.25) is 0 Å². The minimum atomic E-state index is -0.833. The van der Waals surface area contributed by atoms with Gasteiger partial charge in [0.05, 0.1) is 19.6 Å². The number of amides is 1. The number of nitrogens with zero attached hydrogens (tertiary/aromatic N) is 1. The zero-order valence-electron chi connectivity index (χ0n) is 14.5. The van der Waals surface area contributed by atoms with E-state index in [0.717, 1.165) is 23.5 Å². The highest BCUT2D eigenvalue weighted by Crippen LogP contribution is 2.31. The van der Waals surface area contributed by atoms with Gasteiger partial charge in [-0.25, -0.2) is 0 Å². The number of benzene rings is 1. The number of hydrogen-bond donors (Lipinski definition) is 1. The van der Waals surface area contributed by atoms with E-state index in [2.05, 4.69) is 0 Å². The highest BCUT2D eigenvalue weighted by atomic mass is 16.5. The molecule has 2 rings (SSSR count). The van der Waals surface area contributed by atoms with Gasteiger partial charge in [0.25, 0.3) is 0 Å². The maximum Gasteiger partial charge on any atom is 0.311 e. The Morgan fingerprint density at radius 2 is 2.04 bits per heavy atom. The molecular weight excluding hydrogens is 310 g/mol. The van der Waals surface area contributed by atoms with Gasteiger partial charge in [-0.3, -0.25) is 9.59 Å². The number of ether oxygens (including phenoxy) is 2. The first-order chi connectivity index (χ1) is 11.4. The number of methoxy groups -OCH3 is 2. The average Bonchev–Trinajstić information content (AvgIpc) is 2.99. The van der Waals surface area contributed by atoms with Gasteiger partial charge in [-0.05, 0) is 37.8 Å². The SMILES string of the molecule is COc1ccc(CCCC(=O)N2CCC(C)(C(=O)O)C2)c(OC)c1. The van der Waals surface area contributed by atoms with Crippen LogP contribution in [0.4, 0.5) is 0 Å². The number of rotatable bonds is 7. The lowest BCUT2D eigenvalue weighted by molar-refractivity contribution is -0.147. The monoisotopic (exact) mass is 335 g/mol. The van der Waals surface area contributed by atoms with Crippen molar-refractivity contribution in [1.82, 2.24) is 4.90 Å². The second-order valence-corrected chi connectivity index (χ2v) is 6.46. The van der Waals surface area contributed by atoms with Crippen LogP contribution in [0.5, 0.6) is 11.5 Å². The van der Waals surface area contributed by atoms with Crippen LogP contribution in [0.3, 0.4) is 0 Å². The van der Waals surface area contributed by atoms with E-state index in [9.17, 15) is 14.7 Å². The molecule has 1 saturated heterocycles. The zero-order chi connectivity index (χ0) is 17.7. The number of carboxylic acids is 1. The molecule has 0 bridgehead atoms. The number of hydrogen-bond acceptors (Lipinski definition) is 4. The molecule has 0 spiro atoms. The minimum Gasteiger partial charge on any atom is -0.497 e. The molecule has 1 unspecified atom stereocenters. The summed E-state index contributed by atoms with van der Waals surface area (Å²) in [7, 11) is 3.22. The van der Waals surface area contributed by atoms with Crippen molar-refractivity contribution in [1.29, 1.82) is 0 Å². The molecule has 0 radical (unpaired) electrons. The summed E-state index contributed by atoms with van der Waals surface area (Å²) in [5.74, 6) is 0.673. The van der Waals surface area contributed by atoms with Crippen LogP contribution >= 0.6 is 0 Å². The van der Waals surface area contributed by atoms with Gasteiger partial charge in [0.15, 0.2) is 0 Å². The van der Waals surface area contributed by atoms with Crippen molar-refractivity contribution in [3.63, 3.8) is 0 Å². The number of carboxylic acid groups (broad SMARTS) is 1. The van der Waals surface area contributed by atoms with Gasteiger partial charge < -0.3 is 19.5 Å². The van der Waals surface area contributed by atoms with E-state index in [1.54, 1.807) is 26.0 Å². The normalized spacial score (nSPS) is 20.0. The number of carbonyl (C=O) groups excluding carboxylic acids is 1. The highest BCUT2D eigenvalue weighted by molar-refractivity contribution is 5.80. The summed E-state index contributed by atoms with van der Waals surface area (Å²) in [5.41, 5.74) is 0.220. The Morgan fingerprint density at radius 1 is 1.29 bits per heavy atom. The summed E-state index contributed by atoms with van der Waals surface area (Å²) in [6, 6.07) is 5.65. The van der Waals surface area contributed by atoms with Crippen molar-refractivity contribution in [3.8, 4) is 11.5 Å². The van der Waals surface area contributed by atoms with Crippen molar-refractivity contribution in [2.45, 2.75) is 32.6 Å². The quantitative estimate of drug-likeness (QED) is 0.828. The minimum absolute atomic E-state index is 0.0208. The Labute approximate surface area is 142 Å². The predicted molar refractivity (Wildman–Crippen MR) is 89.4 cm³/mol. The zero-order valence-corrected chi connectivity index (χ0v) is 14.5. The number of aryl methyl sites for hydroxylation is 1. The van der Waals surface area contributed by atoms with E-state index in [0.29, 0.717) is 32.4 Å². The number of aliphatic carboxylic acids is 1. The predicted octanol–water partition coefficient (Wildman–Crippen LogP) is 2.35. The molecule has 1 aromatic rings. The summed E-state index contributed by atoms with van der Waals surface area (Å²) in [4.78, 5) is 25.2. The smallest absolute Gasteiger partial charge is 0.311 e. The Morgan fingerprint density at radius 3 is 2.62 bits per heavy atom. The van der Waals surface area contributed by atoms with E-state index in [-0.39, 0.29) is 5.91 Å². The van der Waals surface area contributed by atoms with Gasteiger partial charge in [-0.15, -0.1) is 0 Å². The van der Waals surface area contributed by atoms with Crippen LogP contribution in [0.1, 0.15) is 31.7 Å². The lowest BCUT2D eigenvalue weighted by Crippen LogP contribution is -2.34. The molecule has 24 heavy (non-hydrogen) atoms. The average molecular weight is 335 g/mol. The van der Waals surface area contributed by atoms with Crippen LogP contribution in [0, 0.1) is 5.41 Å². The fourth-order valence-corrected chi connectivity index (χ4v) is 3.00. The fraction of sp³-hybridized carbons (Fsp3) is 0.556. The lowest BCUT2D eigenvalue weighted by Gasteiger charge is -2.20. The molecule has 1 aliphatic rings. The summed E-state index contributed by atoms with van der Waals surface area (Å²) in [5, 5.41) is 9.24. The fourth-order valence-electron chi connectivity index (χ4n) is 3.00.